The average Bonchev–Trinajstić information content (AvgIpc) is 3.55. The smallest absolute Gasteiger partial charge is 0.320 e. The van der Waals surface area contributed by atoms with Crippen LogP contribution >= 0.6 is 0 Å². The fourth-order valence-electron chi connectivity index (χ4n) is 5.56. The van der Waals surface area contributed by atoms with E-state index in [9.17, 15) is 17.6 Å². The molecule has 3 aromatic heterocycles. The number of rotatable bonds is 6. The molecule has 0 bridgehead atoms. The van der Waals surface area contributed by atoms with Crippen LogP contribution in [-0.2, 0) is 19.8 Å². The van der Waals surface area contributed by atoms with Gasteiger partial charge in [-0.25, -0.2) is 9.37 Å². The zero-order chi connectivity index (χ0) is 25.7. The molecule has 1 saturated carbocycles. The maximum absolute atomic E-state index is 13.8. The largest absolute Gasteiger partial charge is 0.433 e. The number of H-pyrrole nitrogens is 1. The van der Waals surface area contributed by atoms with Crippen LogP contribution in [0.1, 0.15) is 54.2 Å². The predicted molar refractivity (Wildman–Crippen MR) is 129 cm³/mol. The summed E-state index contributed by atoms with van der Waals surface area (Å²) in [7, 11) is 1.92. The Morgan fingerprint density at radius 3 is 2.65 bits per heavy atom. The SMILES string of the molecule is Cn1cnnc1C(c1cccc(-c2n[nH]c3c(CN4CC[C@H](F)C4)cc(C(F)(F)F)nc23)c1)C1CCC1. The predicted octanol–water partition coefficient (Wildman–Crippen LogP) is 5.25. The van der Waals surface area contributed by atoms with Gasteiger partial charge in [-0.2, -0.15) is 18.3 Å². The van der Waals surface area contributed by atoms with Crippen molar-refractivity contribution in [1.82, 2.24) is 34.8 Å². The third-order valence-corrected chi connectivity index (χ3v) is 7.67. The molecule has 2 atom stereocenters. The van der Waals surface area contributed by atoms with E-state index in [0.29, 0.717) is 41.2 Å². The van der Waals surface area contributed by atoms with Gasteiger partial charge in [-0.05, 0) is 48.4 Å². The lowest BCUT2D eigenvalue weighted by molar-refractivity contribution is -0.141. The van der Waals surface area contributed by atoms with Gasteiger partial charge in [-0.3, -0.25) is 10.00 Å². The van der Waals surface area contributed by atoms with E-state index >= 15 is 0 Å². The Bertz CT molecular complexity index is 1420. The Morgan fingerprint density at radius 2 is 2.00 bits per heavy atom. The molecule has 1 aromatic carbocycles. The number of halogens is 4. The van der Waals surface area contributed by atoms with Crippen LogP contribution in [0, 0.1) is 5.92 Å². The number of nitrogens with zero attached hydrogens (tertiary/aromatic N) is 6. The molecule has 37 heavy (non-hydrogen) atoms. The van der Waals surface area contributed by atoms with Crippen LogP contribution in [0.15, 0.2) is 36.7 Å². The Hall–Kier alpha value is -3.34. The number of likely N-dealkylation sites (tertiary alicyclic amines) is 1. The molecular weight excluding hydrogens is 486 g/mol. The Morgan fingerprint density at radius 1 is 1.16 bits per heavy atom. The minimum atomic E-state index is -4.62. The zero-order valence-corrected chi connectivity index (χ0v) is 20.3. The number of hydrogen-bond donors (Lipinski definition) is 1. The van der Waals surface area contributed by atoms with Gasteiger partial charge in [0.15, 0.2) is 0 Å². The lowest BCUT2D eigenvalue weighted by atomic mass is 9.72. The van der Waals surface area contributed by atoms with Crippen molar-refractivity contribution in [3.8, 4) is 11.3 Å². The molecule has 1 saturated heterocycles. The lowest BCUT2D eigenvalue weighted by Gasteiger charge is -2.33. The Balaban J connectivity index is 1.43. The van der Waals surface area contributed by atoms with Crippen molar-refractivity contribution in [2.24, 2.45) is 13.0 Å². The van der Waals surface area contributed by atoms with Gasteiger partial charge in [-0.1, -0.05) is 24.6 Å². The van der Waals surface area contributed by atoms with Gasteiger partial charge in [0.1, 0.15) is 35.2 Å². The van der Waals surface area contributed by atoms with Gasteiger partial charge in [0.2, 0.25) is 0 Å². The third-order valence-electron chi connectivity index (χ3n) is 7.67. The molecule has 0 spiro atoms. The minimum absolute atomic E-state index is 0.0319. The molecule has 2 aliphatic rings. The molecule has 1 aliphatic carbocycles. The number of aromatic nitrogens is 6. The van der Waals surface area contributed by atoms with Crippen LogP contribution in [0.3, 0.4) is 0 Å². The fraction of sp³-hybridized carbons (Fsp3) is 0.462. The van der Waals surface area contributed by atoms with Crippen molar-refractivity contribution < 1.29 is 17.6 Å². The molecule has 6 rings (SSSR count). The number of fused-ring (bicyclic) bond motifs is 1. The van der Waals surface area contributed by atoms with Crippen LogP contribution in [0.4, 0.5) is 17.6 Å². The molecular formula is C26H27F4N7. The van der Waals surface area contributed by atoms with Gasteiger partial charge in [0.25, 0.3) is 0 Å². The number of aromatic amines is 1. The second kappa shape index (κ2) is 9.20. The molecule has 2 fully saturated rings. The fourth-order valence-corrected chi connectivity index (χ4v) is 5.56. The van der Waals surface area contributed by atoms with Crippen LogP contribution in [0.5, 0.6) is 0 Å². The van der Waals surface area contributed by atoms with Crippen molar-refractivity contribution in [1.29, 1.82) is 0 Å². The Labute approximate surface area is 210 Å². The van der Waals surface area contributed by atoms with Crippen LogP contribution < -0.4 is 0 Å². The summed E-state index contributed by atoms with van der Waals surface area (Å²) in [6, 6.07) is 8.78. The summed E-state index contributed by atoms with van der Waals surface area (Å²) in [5, 5.41) is 15.8. The molecule has 1 aliphatic heterocycles. The normalized spacial score (nSPS) is 20.0. The van der Waals surface area contributed by atoms with E-state index in [1.807, 2.05) is 40.8 Å². The maximum Gasteiger partial charge on any atom is 0.433 e. The molecule has 0 amide bonds. The number of hydrogen-bond acceptors (Lipinski definition) is 5. The summed E-state index contributed by atoms with van der Waals surface area (Å²) in [6.07, 6.45) is -0.177. The number of benzene rings is 1. The van der Waals surface area contributed by atoms with E-state index < -0.39 is 18.0 Å². The van der Waals surface area contributed by atoms with E-state index in [-0.39, 0.29) is 24.5 Å². The summed E-state index contributed by atoms with van der Waals surface area (Å²) in [5.41, 5.74) is 2.10. The first-order valence-electron chi connectivity index (χ1n) is 12.5. The van der Waals surface area contributed by atoms with Crippen molar-refractivity contribution in [3.63, 3.8) is 0 Å². The first-order chi connectivity index (χ1) is 17.8. The van der Waals surface area contributed by atoms with Crippen molar-refractivity contribution >= 4 is 11.0 Å². The first-order valence-corrected chi connectivity index (χ1v) is 12.5. The highest BCUT2D eigenvalue weighted by molar-refractivity contribution is 5.91. The van der Waals surface area contributed by atoms with Crippen molar-refractivity contribution in [2.75, 3.05) is 13.1 Å². The Kier molecular flexibility index (Phi) is 5.97. The molecule has 7 nitrogen and oxygen atoms in total. The van der Waals surface area contributed by atoms with Gasteiger partial charge in [0, 0.05) is 38.2 Å². The maximum atomic E-state index is 13.8. The van der Waals surface area contributed by atoms with Gasteiger partial charge in [-0.15, -0.1) is 10.2 Å². The highest BCUT2D eigenvalue weighted by Gasteiger charge is 2.36. The first kappa shape index (κ1) is 24.0. The van der Waals surface area contributed by atoms with Crippen molar-refractivity contribution in [3.05, 3.63) is 59.3 Å². The number of alkyl halides is 4. The summed E-state index contributed by atoms with van der Waals surface area (Å²) in [6.45, 7) is 0.902. The molecule has 194 valence electrons. The van der Waals surface area contributed by atoms with E-state index in [1.54, 1.807) is 6.33 Å². The van der Waals surface area contributed by atoms with E-state index in [4.69, 9.17) is 0 Å². The highest BCUT2D eigenvalue weighted by atomic mass is 19.4. The third kappa shape index (κ3) is 4.49. The second-order valence-electron chi connectivity index (χ2n) is 10.2. The lowest BCUT2D eigenvalue weighted by Crippen LogP contribution is -2.24. The van der Waals surface area contributed by atoms with E-state index in [2.05, 4.69) is 25.4 Å². The average molecular weight is 514 g/mol. The summed E-state index contributed by atoms with van der Waals surface area (Å²) < 4.78 is 57.1. The van der Waals surface area contributed by atoms with E-state index in [1.165, 1.54) is 0 Å². The number of aryl methyl sites for hydroxylation is 1. The van der Waals surface area contributed by atoms with Gasteiger partial charge >= 0.3 is 6.18 Å². The van der Waals surface area contributed by atoms with E-state index in [0.717, 1.165) is 36.7 Å². The monoisotopic (exact) mass is 513 g/mol. The number of nitrogens with one attached hydrogen (secondary N) is 1. The highest BCUT2D eigenvalue weighted by Crippen LogP contribution is 2.43. The summed E-state index contributed by atoms with van der Waals surface area (Å²) in [5.74, 6) is 1.32. The standard InChI is InChI=1S/C26H27F4N7/c1-36-14-31-35-25(36)21(15-4-2-5-15)16-6-3-7-17(10-16)22-24-23(34-33-22)18(11-20(32-24)26(28,29)30)12-37-9-8-19(27)13-37/h3,6-7,10-11,14-15,19,21H,2,4-5,8-9,12-13H2,1H3,(H,33,34)/t19-,21?/m0/s1. The molecule has 11 heteroatoms. The van der Waals surface area contributed by atoms with Gasteiger partial charge < -0.3 is 4.57 Å². The van der Waals surface area contributed by atoms with Crippen LogP contribution in [0.25, 0.3) is 22.3 Å². The molecule has 4 aromatic rings. The molecule has 1 unspecified atom stereocenters. The number of pyridine rings is 1. The summed E-state index contributed by atoms with van der Waals surface area (Å²) >= 11 is 0. The quantitative estimate of drug-likeness (QED) is 0.357. The summed E-state index contributed by atoms with van der Waals surface area (Å²) in [4.78, 5) is 5.82. The zero-order valence-electron chi connectivity index (χ0n) is 20.3. The van der Waals surface area contributed by atoms with Crippen molar-refractivity contribution in [2.45, 2.75) is 50.5 Å². The molecule has 4 heterocycles. The second-order valence-corrected chi connectivity index (χ2v) is 10.2. The van der Waals surface area contributed by atoms with Crippen LogP contribution in [-0.4, -0.2) is 54.1 Å². The van der Waals surface area contributed by atoms with Gasteiger partial charge in [0.05, 0.1) is 5.52 Å². The topological polar surface area (TPSA) is 75.5 Å². The molecule has 0 radical (unpaired) electrons. The molecule has 1 N–H and O–H groups in total. The minimum Gasteiger partial charge on any atom is -0.320 e. The van der Waals surface area contributed by atoms with Crippen LogP contribution in [0.2, 0.25) is 0 Å².